The fourth-order valence-electron chi connectivity index (χ4n) is 1.50. The predicted molar refractivity (Wildman–Crippen MR) is 77.1 cm³/mol. The average Bonchev–Trinajstić information content (AvgIpc) is 2.37. The lowest BCUT2D eigenvalue weighted by Crippen LogP contribution is -2.35. The second kappa shape index (κ2) is 9.49. The number of urea groups is 1. The smallest absolute Gasteiger partial charge is 0.350 e. The fraction of sp³-hybridized carbons (Fsp3) is 0.727. The maximum absolute atomic E-state index is 12.7. The van der Waals surface area contributed by atoms with Crippen molar-refractivity contribution in [3.05, 3.63) is 0 Å². The molecule has 0 saturated carbocycles. The van der Waals surface area contributed by atoms with E-state index in [0.717, 1.165) is 0 Å². The van der Waals surface area contributed by atoms with Crippen molar-refractivity contribution in [1.29, 1.82) is 0 Å². The molecule has 1 atom stereocenters. The number of hydrogen-bond donors (Lipinski definition) is 2. The molecular formula is C11H22N3O6P. The third-order valence-electron chi connectivity index (χ3n) is 2.18. The molecule has 0 fully saturated rings. The molecule has 0 aromatic rings. The van der Waals surface area contributed by atoms with Gasteiger partial charge in [-0.25, -0.2) is 10.2 Å². The van der Waals surface area contributed by atoms with Gasteiger partial charge in [-0.2, -0.15) is 5.10 Å². The Bertz CT molecular complexity index is 430. The van der Waals surface area contributed by atoms with Crippen LogP contribution in [0.2, 0.25) is 0 Å². The highest BCUT2D eigenvalue weighted by Gasteiger charge is 2.44. The van der Waals surface area contributed by atoms with Crippen molar-refractivity contribution in [2.75, 3.05) is 19.8 Å². The number of primary amides is 1. The number of nitrogens with one attached hydrogen (secondary N) is 1. The minimum Gasteiger partial charge on any atom is -0.465 e. The van der Waals surface area contributed by atoms with Crippen molar-refractivity contribution in [3.63, 3.8) is 0 Å². The van der Waals surface area contributed by atoms with Crippen molar-refractivity contribution in [3.8, 4) is 0 Å². The summed E-state index contributed by atoms with van der Waals surface area (Å²) in [7, 11) is -3.83. The molecule has 1 unspecified atom stereocenters. The van der Waals surface area contributed by atoms with Crippen molar-refractivity contribution in [1.82, 2.24) is 5.43 Å². The van der Waals surface area contributed by atoms with Crippen LogP contribution in [0.25, 0.3) is 0 Å². The van der Waals surface area contributed by atoms with Crippen LogP contribution >= 0.6 is 7.60 Å². The molecule has 0 aliphatic rings. The molecule has 3 N–H and O–H groups in total. The first-order valence-corrected chi connectivity index (χ1v) is 8.08. The summed E-state index contributed by atoms with van der Waals surface area (Å²) in [6, 6.07) is -0.917. The van der Waals surface area contributed by atoms with Crippen LogP contribution in [-0.2, 0) is 23.1 Å². The molecule has 0 saturated heterocycles. The Morgan fingerprint density at radius 3 is 2.10 bits per heavy atom. The van der Waals surface area contributed by atoms with E-state index in [2.05, 4.69) is 5.10 Å². The SMILES string of the molecule is CCOC(=O)C(/C(C)=N/NC(N)=O)P(=O)(OCC)OCC. The molecule has 0 spiro atoms. The number of carbonyl (C=O) groups excluding carboxylic acids is 2. The second-order valence-electron chi connectivity index (χ2n) is 3.76. The number of hydrazone groups is 1. The largest absolute Gasteiger partial charge is 0.465 e. The number of nitrogens with two attached hydrogens (primary N) is 1. The number of rotatable bonds is 9. The first-order valence-electron chi connectivity index (χ1n) is 6.47. The lowest BCUT2D eigenvalue weighted by molar-refractivity contribution is -0.141. The van der Waals surface area contributed by atoms with Crippen molar-refractivity contribution < 1.29 is 27.9 Å². The highest BCUT2D eigenvalue weighted by molar-refractivity contribution is 7.57. The van der Waals surface area contributed by atoms with E-state index < -0.39 is 25.3 Å². The van der Waals surface area contributed by atoms with Gasteiger partial charge in [0.25, 0.3) is 0 Å². The monoisotopic (exact) mass is 323 g/mol. The summed E-state index contributed by atoms with van der Waals surface area (Å²) < 4.78 is 27.9. The van der Waals surface area contributed by atoms with Crippen LogP contribution in [0.15, 0.2) is 5.10 Å². The van der Waals surface area contributed by atoms with E-state index in [4.69, 9.17) is 19.5 Å². The molecule has 0 aliphatic heterocycles. The van der Waals surface area contributed by atoms with Crippen LogP contribution in [-0.4, -0.2) is 43.2 Å². The van der Waals surface area contributed by atoms with Gasteiger partial charge in [0.05, 0.1) is 25.5 Å². The molecule has 0 aromatic heterocycles. The quantitative estimate of drug-likeness (QED) is 0.284. The maximum atomic E-state index is 12.7. The van der Waals surface area contributed by atoms with Gasteiger partial charge in [0.15, 0.2) is 5.66 Å². The minimum atomic E-state index is -3.83. The summed E-state index contributed by atoms with van der Waals surface area (Å²) in [6.45, 7) is 6.46. The number of carbonyl (C=O) groups is 2. The lowest BCUT2D eigenvalue weighted by Gasteiger charge is -2.24. The molecule has 9 nitrogen and oxygen atoms in total. The van der Waals surface area contributed by atoms with E-state index >= 15 is 0 Å². The Labute approximate surface area is 123 Å². The van der Waals surface area contributed by atoms with Gasteiger partial charge in [0, 0.05) is 0 Å². The first-order chi connectivity index (χ1) is 9.82. The van der Waals surface area contributed by atoms with Crippen LogP contribution in [0.4, 0.5) is 4.79 Å². The minimum absolute atomic E-state index is 0.0116. The number of amides is 2. The molecule has 21 heavy (non-hydrogen) atoms. The number of nitrogens with zero attached hydrogens (tertiary/aromatic N) is 1. The highest BCUT2D eigenvalue weighted by Crippen LogP contribution is 2.53. The topological polar surface area (TPSA) is 129 Å². The lowest BCUT2D eigenvalue weighted by atomic mass is 10.3. The first kappa shape index (κ1) is 19.6. The molecule has 10 heteroatoms. The molecule has 0 bridgehead atoms. The maximum Gasteiger partial charge on any atom is 0.350 e. The zero-order chi connectivity index (χ0) is 16.5. The molecule has 0 aromatic carbocycles. The zero-order valence-corrected chi connectivity index (χ0v) is 13.5. The second-order valence-corrected chi connectivity index (χ2v) is 5.87. The summed E-state index contributed by atoms with van der Waals surface area (Å²) in [5.41, 5.74) is 5.50. The van der Waals surface area contributed by atoms with E-state index in [0.29, 0.717) is 0 Å². The van der Waals surface area contributed by atoms with Crippen LogP contribution < -0.4 is 11.2 Å². The van der Waals surface area contributed by atoms with Crippen molar-refractivity contribution in [2.45, 2.75) is 33.4 Å². The number of hydrogen-bond acceptors (Lipinski definition) is 7. The standard InChI is InChI=1S/C11H22N3O6P/c1-5-18-10(15)9(8(4)13-14-11(12)16)21(17,19-6-2)20-7-3/h9H,5-7H2,1-4H3,(H3,12,14,16)/b13-8+. The van der Waals surface area contributed by atoms with Gasteiger partial charge in [-0.15, -0.1) is 0 Å². The van der Waals surface area contributed by atoms with Gasteiger partial charge >= 0.3 is 19.6 Å². The fourth-order valence-corrected chi connectivity index (χ4v) is 3.44. The Balaban J connectivity index is 5.56. The third kappa shape index (κ3) is 6.24. The third-order valence-corrected chi connectivity index (χ3v) is 4.64. The molecule has 0 heterocycles. The van der Waals surface area contributed by atoms with Gasteiger partial charge in [-0.05, 0) is 27.7 Å². The van der Waals surface area contributed by atoms with Gasteiger partial charge in [-0.3, -0.25) is 9.36 Å². The van der Waals surface area contributed by atoms with Crippen LogP contribution in [0, 0.1) is 0 Å². The summed E-state index contributed by atoms with van der Waals surface area (Å²) in [5, 5.41) is 3.62. The van der Waals surface area contributed by atoms with Crippen molar-refractivity contribution in [2.24, 2.45) is 10.8 Å². The molecule has 0 aliphatic carbocycles. The highest BCUT2D eigenvalue weighted by atomic mass is 31.2. The van der Waals surface area contributed by atoms with E-state index in [9.17, 15) is 14.2 Å². The molecule has 2 amide bonds. The van der Waals surface area contributed by atoms with Crippen LogP contribution in [0.3, 0.4) is 0 Å². The predicted octanol–water partition coefficient (Wildman–Crippen LogP) is 1.23. The van der Waals surface area contributed by atoms with E-state index in [-0.39, 0.29) is 25.5 Å². The Kier molecular flexibility index (Phi) is 8.84. The van der Waals surface area contributed by atoms with Gasteiger partial charge in [0.2, 0.25) is 0 Å². The molecule has 0 radical (unpaired) electrons. The number of ether oxygens (including phenoxy) is 1. The van der Waals surface area contributed by atoms with Gasteiger partial charge in [0.1, 0.15) is 0 Å². The molecular weight excluding hydrogens is 301 g/mol. The van der Waals surface area contributed by atoms with Gasteiger partial charge < -0.3 is 19.5 Å². The summed E-state index contributed by atoms with van der Waals surface area (Å²) in [5.74, 6) is -0.810. The number of esters is 1. The molecule has 122 valence electrons. The van der Waals surface area contributed by atoms with Crippen LogP contribution in [0.5, 0.6) is 0 Å². The Morgan fingerprint density at radius 2 is 1.71 bits per heavy atom. The van der Waals surface area contributed by atoms with E-state index in [1.807, 2.05) is 5.43 Å². The van der Waals surface area contributed by atoms with Gasteiger partial charge in [-0.1, -0.05) is 0 Å². The summed E-state index contributed by atoms with van der Waals surface area (Å²) in [6.07, 6.45) is 0. The zero-order valence-electron chi connectivity index (χ0n) is 12.6. The summed E-state index contributed by atoms with van der Waals surface area (Å²) in [4.78, 5) is 22.7. The van der Waals surface area contributed by atoms with Crippen molar-refractivity contribution >= 4 is 25.3 Å². The van der Waals surface area contributed by atoms with E-state index in [1.54, 1.807) is 20.8 Å². The van der Waals surface area contributed by atoms with Crippen LogP contribution in [0.1, 0.15) is 27.7 Å². The Hall–Kier alpha value is -1.44. The Morgan fingerprint density at radius 1 is 1.19 bits per heavy atom. The normalized spacial score (nSPS) is 13.6. The molecule has 0 rings (SSSR count). The van der Waals surface area contributed by atoms with E-state index in [1.165, 1.54) is 6.92 Å². The summed E-state index contributed by atoms with van der Waals surface area (Å²) >= 11 is 0. The average molecular weight is 323 g/mol.